The summed E-state index contributed by atoms with van der Waals surface area (Å²) < 4.78 is 21.1. The Morgan fingerprint density at radius 3 is 0.743 bits per heavy atom. The fourth-order valence-electron chi connectivity index (χ4n) is 10.8. The summed E-state index contributed by atoms with van der Waals surface area (Å²) in [5, 5.41) is 12.1. The second kappa shape index (κ2) is 20.6. The van der Waals surface area contributed by atoms with E-state index in [0.717, 1.165) is 124 Å². The molecule has 7 aromatic rings. The van der Waals surface area contributed by atoms with E-state index in [0.29, 0.717) is 41.1 Å². The lowest BCUT2D eigenvalue weighted by Crippen LogP contribution is -2.23. The van der Waals surface area contributed by atoms with Crippen LogP contribution in [0, 0.1) is 11.3 Å². The van der Waals surface area contributed by atoms with Gasteiger partial charge in [0.15, 0.2) is 34.5 Å². The molecule has 0 bridgehead atoms. The van der Waals surface area contributed by atoms with Crippen molar-refractivity contribution in [3.8, 4) is 40.6 Å². The first-order valence-electron chi connectivity index (χ1n) is 27.7. The second-order valence-electron chi connectivity index (χ2n) is 21.5. The van der Waals surface area contributed by atoms with E-state index >= 15 is 0 Å². The summed E-state index contributed by atoms with van der Waals surface area (Å²) >= 11 is 0. The number of rotatable bonds is 15. The molecule has 74 heavy (non-hydrogen) atoms. The second-order valence-corrected chi connectivity index (χ2v) is 21.5. The molecule has 0 aliphatic carbocycles. The number of hydrogen-bond donors (Lipinski definition) is 0. The van der Waals surface area contributed by atoms with Crippen molar-refractivity contribution in [2.75, 3.05) is 14.7 Å². The van der Waals surface area contributed by atoms with Crippen LogP contribution in [0.5, 0.6) is 34.5 Å². The van der Waals surface area contributed by atoms with Crippen molar-refractivity contribution in [1.29, 1.82) is 5.26 Å². The van der Waals surface area contributed by atoms with Crippen LogP contribution >= 0.6 is 0 Å². The highest BCUT2D eigenvalue weighted by Gasteiger charge is 2.37. The molecule has 3 aliphatic rings. The van der Waals surface area contributed by atoms with Gasteiger partial charge in [-0.15, -0.1) is 0 Å². The fourth-order valence-corrected chi connectivity index (χ4v) is 10.8. The van der Waals surface area contributed by atoms with Gasteiger partial charge in [0, 0.05) is 0 Å². The predicted molar refractivity (Wildman–Crippen MR) is 308 cm³/mol. The van der Waals surface area contributed by atoms with Crippen LogP contribution in [-0.4, -0.2) is 0 Å². The zero-order valence-electron chi connectivity index (χ0n) is 45.8. The Morgan fingerprint density at radius 2 is 0.541 bits per heavy atom. The van der Waals surface area contributed by atoms with Gasteiger partial charge in [0.25, 0.3) is 0 Å². The van der Waals surface area contributed by atoms with Gasteiger partial charge in [-0.3, -0.25) is 0 Å². The molecular formula is C67H74N4O3. The molecule has 0 spiro atoms. The summed E-state index contributed by atoms with van der Waals surface area (Å²) in [6.07, 6.45) is 6.03. The average Bonchev–Trinajstić information content (AvgIpc) is 3.44. The largest absolute Gasteiger partial charge is 0.453 e. The minimum Gasteiger partial charge on any atom is -0.453 e. The van der Waals surface area contributed by atoms with Gasteiger partial charge in [0.2, 0.25) is 0 Å². The van der Waals surface area contributed by atoms with Gasteiger partial charge < -0.3 is 28.9 Å². The molecule has 380 valence electrons. The van der Waals surface area contributed by atoms with Crippen LogP contribution in [0.3, 0.4) is 0 Å². The third kappa shape index (κ3) is 8.84. The number of anilines is 9. The molecule has 3 heterocycles. The van der Waals surface area contributed by atoms with Gasteiger partial charge in [0.1, 0.15) is 11.6 Å². The zero-order valence-corrected chi connectivity index (χ0v) is 45.8. The Hall–Kier alpha value is -7.17. The molecule has 3 aliphatic heterocycles. The quantitative estimate of drug-likeness (QED) is 0.101. The molecule has 10 rings (SSSR count). The molecule has 0 amide bonds. The van der Waals surface area contributed by atoms with Gasteiger partial charge in [-0.1, -0.05) is 119 Å². The highest BCUT2D eigenvalue weighted by atomic mass is 16.5. The zero-order chi connectivity index (χ0) is 52.1. The molecule has 0 fully saturated rings. The molecule has 6 atom stereocenters. The van der Waals surface area contributed by atoms with E-state index in [2.05, 4.69) is 225 Å². The van der Waals surface area contributed by atoms with Crippen LogP contribution < -0.4 is 28.9 Å². The smallest absolute Gasteiger partial charge is 0.151 e. The van der Waals surface area contributed by atoms with Crippen LogP contribution in [0.25, 0.3) is 0 Å². The first-order valence-corrected chi connectivity index (χ1v) is 27.7. The Bertz CT molecular complexity index is 2970. The molecule has 7 heteroatoms. The van der Waals surface area contributed by atoms with Crippen molar-refractivity contribution in [3.05, 3.63) is 160 Å². The summed E-state index contributed by atoms with van der Waals surface area (Å²) in [7, 11) is 0. The molecule has 0 saturated heterocycles. The summed E-state index contributed by atoms with van der Waals surface area (Å²) in [6.45, 7) is 27.0. The third-order valence-corrected chi connectivity index (χ3v) is 17.0. The third-order valence-electron chi connectivity index (χ3n) is 17.0. The number of hydrogen-bond acceptors (Lipinski definition) is 7. The minimum atomic E-state index is 0.334. The van der Waals surface area contributed by atoms with E-state index < -0.39 is 0 Å². The minimum absolute atomic E-state index is 0.334. The van der Waals surface area contributed by atoms with Crippen molar-refractivity contribution in [2.45, 2.75) is 157 Å². The Balaban J connectivity index is 1.32. The first-order chi connectivity index (χ1) is 35.8. The number of fused-ring (bicyclic) bond motifs is 6. The van der Waals surface area contributed by atoms with Gasteiger partial charge >= 0.3 is 0 Å². The van der Waals surface area contributed by atoms with Gasteiger partial charge in [-0.25, -0.2) is 0 Å². The molecule has 7 aromatic carbocycles. The molecular weight excluding hydrogens is 909 g/mol. The Kier molecular flexibility index (Phi) is 14.0. The lowest BCUT2D eigenvalue weighted by atomic mass is 9.94. The van der Waals surface area contributed by atoms with Crippen molar-refractivity contribution >= 4 is 51.2 Å². The van der Waals surface area contributed by atoms with Crippen LogP contribution in [0.15, 0.2) is 121 Å². The summed E-state index contributed by atoms with van der Waals surface area (Å²) in [5.41, 5.74) is 15.6. The highest BCUT2D eigenvalue weighted by molar-refractivity contribution is 5.99. The molecule has 0 N–H and O–H groups in total. The van der Waals surface area contributed by atoms with Gasteiger partial charge in [-0.2, -0.15) is 5.26 Å². The predicted octanol–water partition coefficient (Wildman–Crippen LogP) is 21.4. The summed E-state index contributed by atoms with van der Waals surface area (Å²) in [4.78, 5) is 6.91. The lowest BCUT2D eigenvalue weighted by Gasteiger charge is -2.39. The van der Waals surface area contributed by atoms with Gasteiger partial charge in [0.05, 0.1) is 51.2 Å². The number of ether oxygens (including phenoxy) is 3. The van der Waals surface area contributed by atoms with E-state index in [9.17, 15) is 5.26 Å². The Morgan fingerprint density at radius 1 is 0.324 bits per heavy atom. The maximum atomic E-state index is 12.1. The number of nitrogens with zero attached hydrogens (tertiary/aromatic N) is 4. The Labute approximate surface area is 441 Å². The molecule has 6 unspecified atom stereocenters. The topological polar surface area (TPSA) is 61.2 Å². The number of benzene rings is 7. The molecule has 0 radical (unpaired) electrons. The van der Waals surface area contributed by atoms with Crippen LogP contribution in [-0.2, 0) is 0 Å². The SMILES string of the molecule is CCC(C)c1ccc2c(c1)Oc1cc(C(C)CC)ccc1N2c1cc(N2c3ccc(C(C)CC)cc3Oc3cc(C(C)CC)ccc32)c(C#N)c(N2c3ccc(C(C)CC)cc3Oc3cc(C(C)CC)ccc32)c1. The maximum Gasteiger partial charge on any atom is 0.151 e. The summed E-state index contributed by atoms with van der Waals surface area (Å²) in [5.74, 6) is 6.71. The van der Waals surface area contributed by atoms with Crippen LogP contribution in [0.2, 0.25) is 0 Å². The van der Waals surface area contributed by atoms with Crippen molar-refractivity contribution in [1.82, 2.24) is 0 Å². The first kappa shape index (κ1) is 50.4. The molecule has 0 saturated carbocycles. The standard InChI is InChI=1S/C67H74N4O3/c1-13-40(7)46-19-25-54-62(31-46)72-63-32-47(41(8)14-2)20-26-55(63)69(54)52-37-60(70-56-27-21-48(42(9)15-3)33-64(56)73-65-34-49(43(10)16-4)22-28-57(65)70)53(39-68)61(38-52)71-58-29-23-50(44(11)17-5)35-66(58)74-67-36-51(45(12)18-6)24-30-59(67)71/h19-38,40-45H,13-18H2,1-12H3. The lowest BCUT2D eigenvalue weighted by molar-refractivity contribution is 0.474. The molecule has 0 aromatic heterocycles. The maximum absolute atomic E-state index is 12.1. The van der Waals surface area contributed by atoms with Crippen LogP contribution in [0.1, 0.15) is 196 Å². The highest BCUT2D eigenvalue weighted by Crippen LogP contribution is 2.60. The fraction of sp³-hybridized carbons (Fsp3) is 0.358. The monoisotopic (exact) mass is 983 g/mol. The number of nitriles is 1. The van der Waals surface area contributed by atoms with E-state index in [1.807, 2.05) is 0 Å². The van der Waals surface area contributed by atoms with Crippen molar-refractivity contribution in [2.24, 2.45) is 0 Å². The van der Waals surface area contributed by atoms with E-state index in [1.54, 1.807) is 0 Å². The van der Waals surface area contributed by atoms with E-state index in [4.69, 9.17) is 14.2 Å². The van der Waals surface area contributed by atoms with E-state index in [1.165, 1.54) is 33.4 Å². The van der Waals surface area contributed by atoms with Gasteiger partial charge in [-0.05, 0) is 192 Å². The van der Waals surface area contributed by atoms with Crippen molar-refractivity contribution < 1.29 is 14.2 Å². The van der Waals surface area contributed by atoms with E-state index in [-0.39, 0.29) is 0 Å². The normalized spacial score (nSPS) is 15.5. The summed E-state index contributed by atoms with van der Waals surface area (Å²) in [6, 6.07) is 47.2. The average molecular weight is 983 g/mol. The van der Waals surface area contributed by atoms with Crippen molar-refractivity contribution in [3.63, 3.8) is 0 Å². The molecule has 7 nitrogen and oxygen atoms in total. The van der Waals surface area contributed by atoms with Crippen LogP contribution in [0.4, 0.5) is 51.2 Å².